The van der Waals surface area contributed by atoms with Gasteiger partial charge in [-0.1, -0.05) is 37.3 Å². The SMILES string of the molecule is CCCNC(CCO)CSCc1ccccc1. The van der Waals surface area contributed by atoms with E-state index in [4.69, 9.17) is 5.11 Å². The Morgan fingerprint density at radius 3 is 2.71 bits per heavy atom. The van der Waals surface area contributed by atoms with Crippen LogP contribution in [0.15, 0.2) is 30.3 Å². The van der Waals surface area contributed by atoms with Crippen LogP contribution in [0.3, 0.4) is 0 Å². The number of benzene rings is 1. The fourth-order valence-electron chi connectivity index (χ4n) is 1.64. The molecule has 0 saturated carbocycles. The molecule has 0 heterocycles. The van der Waals surface area contributed by atoms with Gasteiger partial charge >= 0.3 is 0 Å². The maximum atomic E-state index is 9.00. The fraction of sp³-hybridized carbons (Fsp3) is 0.571. The monoisotopic (exact) mass is 253 g/mol. The van der Waals surface area contributed by atoms with Gasteiger partial charge in [0.05, 0.1) is 0 Å². The number of thioether (sulfide) groups is 1. The topological polar surface area (TPSA) is 32.3 Å². The van der Waals surface area contributed by atoms with Crippen LogP contribution >= 0.6 is 11.8 Å². The molecule has 96 valence electrons. The summed E-state index contributed by atoms with van der Waals surface area (Å²) in [5.74, 6) is 2.12. The summed E-state index contributed by atoms with van der Waals surface area (Å²) in [6, 6.07) is 11.0. The summed E-state index contributed by atoms with van der Waals surface area (Å²) in [5.41, 5.74) is 1.37. The van der Waals surface area contributed by atoms with Crippen molar-refractivity contribution in [2.24, 2.45) is 0 Å². The predicted molar refractivity (Wildman–Crippen MR) is 76.4 cm³/mol. The van der Waals surface area contributed by atoms with Crippen LogP contribution in [0, 0.1) is 0 Å². The van der Waals surface area contributed by atoms with Gasteiger partial charge in [-0.2, -0.15) is 11.8 Å². The highest BCUT2D eigenvalue weighted by atomic mass is 32.2. The maximum absolute atomic E-state index is 9.00. The van der Waals surface area contributed by atoms with E-state index in [1.54, 1.807) is 0 Å². The van der Waals surface area contributed by atoms with Crippen molar-refractivity contribution in [3.05, 3.63) is 35.9 Å². The Bertz CT molecular complexity index is 279. The molecule has 0 aliphatic rings. The molecule has 0 saturated heterocycles. The minimum absolute atomic E-state index is 0.271. The van der Waals surface area contributed by atoms with E-state index in [1.807, 2.05) is 17.8 Å². The molecule has 1 unspecified atom stereocenters. The lowest BCUT2D eigenvalue weighted by Crippen LogP contribution is -2.32. The zero-order valence-corrected chi connectivity index (χ0v) is 11.4. The lowest BCUT2D eigenvalue weighted by atomic mass is 10.2. The van der Waals surface area contributed by atoms with Crippen LogP contribution in [0.4, 0.5) is 0 Å². The molecule has 0 radical (unpaired) electrons. The van der Waals surface area contributed by atoms with Crippen LogP contribution in [-0.4, -0.2) is 30.1 Å². The number of aliphatic hydroxyl groups excluding tert-OH is 1. The normalized spacial score (nSPS) is 12.6. The maximum Gasteiger partial charge on any atom is 0.0446 e. The van der Waals surface area contributed by atoms with Crippen LogP contribution in [0.5, 0.6) is 0 Å². The van der Waals surface area contributed by atoms with Gasteiger partial charge in [0, 0.05) is 24.2 Å². The molecule has 3 heteroatoms. The summed E-state index contributed by atoms with van der Waals surface area (Å²) >= 11 is 1.93. The summed E-state index contributed by atoms with van der Waals surface area (Å²) in [7, 11) is 0. The number of nitrogens with one attached hydrogen (secondary N) is 1. The number of aliphatic hydroxyl groups is 1. The fourth-order valence-corrected chi connectivity index (χ4v) is 2.76. The van der Waals surface area contributed by atoms with E-state index in [0.717, 1.165) is 30.9 Å². The van der Waals surface area contributed by atoms with E-state index >= 15 is 0 Å². The molecule has 0 spiro atoms. The molecule has 1 aromatic rings. The van der Waals surface area contributed by atoms with Gasteiger partial charge in [0.25, 0.3) is 0 Å². The molecule has 1 aromatic carbocycles. The minimum atomic E-state index is 0.271. The van der Waals surface area contributed by atoms with E-state index < -0.39 is 0 Å². The third kappa shape index (κ3) is 6.71. The Morgan fingerprint density at radius 2 is 2.06 bits per heavy atom. The van der Waals surface area contributed by atoms with Gasteiger partial charge in [-0.25, -0.2) is 0 Å². The molecular formula is C14H23NOS. The highest BCUT2D eigenvalue weighted by molar-refractivity contribution is 7.98. The van der Waals surface area contributed by atoms with Crippen molar-refractivity contribution < 1.29 is 5.11 Å². The second-order valence-corrected chi connectivity index (χ2v) is 5.19. The number of rotatable bonds is 9. The number of hydrogen-bond donors (Lipinski definition) is 2. The average molecular weight is 253 g/mol. The lowest BCUT2D eigenvalue weighted by molar-refractivity contribution is 0.270. The zero-order valence-electron chi connectivity index (χ0n) is 10.6. The highest BCUT2D eigenvalue weighted by Crippen LogP contribution is 2.13. The molecule has 1 rings (SSSR count). The molecule has 0 fully saturated rings. The van der Waals surface area contributed by atoms with E-state index in [9.17, 15) is 0 Å². The Kier molecular flexibility index (Phi) is 8.14. The van der Waals surface area contributed by atoms with Gasteiger partial charge in [0.2, 0.25) is 0 Å². The van der Waals surface area contributed by atoms with Gasteiger partial charge in [0.1, 0.15) is 0 Å². The molecule has 0 aliphatic carbocycles. The molecule has 0 amide bonds. The van der Waals surface area contributed by atoms with Crippen LogP contribution < -0.4 is 5.32 Å². The average Bonchev–Trinajstić information content (AvgIpc) is 2.37. The molecule has 1 atom stereocenters. The first-order chi connectivity index (χ1) is 8.36. The predicted octanol–water partition coefficient (Wildman–Crippen LogP) is 2.67. The second kappa shape index (κ2) is 9.51. The largest absolute Gasteiger partial charge is 0.396 e. The zero-order chi connectivity index (χ0) is 12.3. The van der Waals surface area contributed by atoms with Gasteiger partial charge < -0.3 is 10.4 Å². The van der Waals surface area contributed by atoms with E-state index in [0.29, 0.717) is 6.04 Å². The molecule has 17 heavy (non-hydrogen) atoms. The van der Waals surface area contributed by atoms with Crippen molar-refractivity contribution in [2.75, 3.05) is 18.9 Å². The summed E-state index contributed by atoms with van der Waals surface area (Å²) in [6.45, 7) is 3.48. The Balaban J connectivity index is 2.22. The van der Waals surface area contributed by atoms with Crippen molar-refractivity contribution >= 4 is 11.8 Å². The van der Waals surface area contributed by atoms with Crippen molar-refractivity contribution in [1.82, 2.24) is 5.32 Å². The van der Waals surface area contributed by atoms with Gasteiger partial charge in [-0.3, -0.25) is 0 Å². The standard InChI is InChI=1S/C14H23NOS/c1-2-9-15-14(8-10-16)12-17-11-13-6-4-3-5-7-13/h3-7,14-16H,2,8-12H2,1H3. The smallest absolute Gasteiger partial charge is 0.0446 e. The van der Waals surface area contributed by atoms with Gasteiger partial charge in [-0.05, 0) is 24.9 Å². The van der Waals surface area contributed by atoms with Crippen molar-refractivity contribution in [2.45, 2.75) is 31.6 Å². The molecule has 2 nitrogen and oxygen atoms in total. The summed E-state index contributed by atoms with van der Waals surface area (Å²) in [5, 5.41) is 12.5. The Hall–Kier alpha value is -0.510. The van der Waals surface area contributed by atoms with Crippen LogP contribution in [0.1, 0.15) is 25.3 Å². The molecule has 0 aliphatic heterocycles. The first kappa shape index (κ1) is 14.6. The van der Waals surface area contributed by atoms with E-state index in [1.165, 1.54) is 5.56 Å². The lowest BCUT2D eigenvalue weighted by Gasteiger charge is -2.16. The van der Waals surface area contributed by atoms with Gasteiger partial charge in [0.15, 0.2) is 0 Å². The summed E-state index contributed by atoms with van der Waals surface area (Å²) in [4.78, 5) is 0. The van der Waals surface area contributed by atoms with Crippen molar-refractivity contribution in [3.8, 4) is 0 Å². The third-order valence-corrected chi connectivity index (χ3v) is 3.77. The first-order valence-corrected chi connectivity index (χ1v) is 7.48. The molecule has 2 N–H and O–H groups in total. The Morgan fingerprint density at radius 1 is 1.29 bits per heavy atom. The van der Waals surface area contributed by atoms with E-state index in [2.05, 4.69) is 36.5 Å². The number of hydrogen-bond acceptors (Lipinski definition) is 3. The van der Waals surface area contributed by atoms with Crippen LogP contribution in [0.2, 0.25) is 0 Å². The van der Waals surface area contributed by atoms with Crippen molar-refractivity contribution in [3.63, 3.8) is 0 Å². The van der Waals surface area contributed by atoms with Crippen molar-refractivity contribution in [1.29, 1.82) is 0 Å². The molecule has 0 bridgehead atoms. The quantitative estimate of drug-likeness (QED) is 0.709. The van der Waals surface area contributed by atoms with E-state index in [-0.39, 0.29) is 6.61 Å². The van der Waals surface area contributed by atoms with Gasteiger partial charge in [-0.15, -0.1) is 0 Å². The first-order valence-electron chi connectivity index (χ1n) is 6.32. The summed E-state index contributed by atoms with van der Waals surface area (Å²) in [6.07, 6.45) is 1.99. The molecular weight excluding hydrogens is 230 g/mol. The van der Waals surface area contributed by atoms with Crippen LogP contribution in [0.25, 0.3) is 0 Å². The highest BCUT2D eigenvalue weighted by Gasteiger charge is 2.06. The third-order valence-electron chi connectivity index (χ3n) is 2.59. The second-order valence-electron chi connectivity index (χ2n) is 4.16. The molecule has 0 aromatic heterocycles. The minimum Gasteiger partial charge on any atom is -0.396 e. The van der Waals surface area contributed by atoms with Crippen LogP contribution in [-0.2, 0) is 5.75 Å². The summed E-state index contributed by atoms with van der Waals surface area (Å²) < 4.78 is 0. The Labute approximate surface area is 109 Å².